The quantitative estimate of drug-likeness (QED) is 0.699. The zero-order valence-electron chi connectivity index (χ0n) is 9.98. The highest BCUT2D eigenvalue weighted by atomic mass is 16.6. The predicted molar refractivity (Wildman–Crippen MR) is 60.8 cm³/mol. The molecular formula is C13H16N2O2. The SMILES string of the molecule is CCOC1CC2CCCC1(C=C(C#N)C#N)O2. The van der Waals surface area contributed by atoms with Crippen LogP contribution in [0.1, 0.15) is 32.6 Å². The van der Waals surface area contributed by atoms with Crippen molar-refractivity contribution in [2.75, 3.05) is 6.61 Å². The molecule has 90 valence electrons. The third-order valence-corrected chi connectivity index (χ3v) is 3.50. The Morgan fingerprint density at radius 3 is 2.94 bits per heavy atom. The van der Waals surface area contributed by atoms with Gasteiger partial charge in [-0.05, 0) is 32.3 Å². The van der Waals surface area contributed by atoms with Gasteiger partial charge in [-0.1, -0.05) is 0 Å². The maximum absolute atomic E-state index is 8.86. The number of nitriles is 2. The molecule has 0 amide bonds. The number of ether oxygens (including phenoxy) is 2. The fourth-order valence-electron chi connectivity index (χ4n) is 2.82. The van der Waals surface area contributed by atoms with E-state index >= 15 is 0 Å². The molecule has 0 aromatic heterocycles. The van der Waals surface area contributed by atoms with Gasteiger partial charge in [0, 0.05) is 13.0 Å². The molecule has 2 saturated heterocycles. The van der Waals surface area contributed by atoms with E-state index in [0.717, 1.165) is 25.7 Å². The van der Waals surface area contributed by atoms with Gasteiger partial charge in [-0.25, -0.2) is 0 Å². The second-order valence-electron chi connectivity index (χ2n) is 4.55. The van der Waals surface area contributed by atoms with E-state index in [9.17, 15) is 0 Å². The van der Waals surface area contributed by atoms with Crippen molar-refractivity contribution < 1.29 is 9.47 Å². The molecule has 0 aromatic carbocycles. The van der Waals surface area contributed by atoms with Crippen molar-refractivity contribution in [3.63, 3.8) is 0 Å². The Morgan fingerprint density at radius 1 is 1.53 bits per heavy atom. The van der Waals surface area contributed by atoms with Crippen molar-refractivity contribution in [2.45, 2.75) is 50.4 Å². The summed E-state index contributed by atoms with van der Waals surface area (Å²) in [5.41, 5.74) is -0.419. The smallest absolute Gasteiger partial charge is 0.128 e. The van der Waals surface area contributed by atoms with E-state index in [0.29, 0.717) is 6.61 Å². The molecule has 0 spiro atoms. The zero-order chi connectivity index (χ0) is 12.3. The van der Waals surface area contributed by atoms with Crippen LogP contribution >= 0.6 is 0 Å². The number of hydrogen-bond donors (Lipinski definition) is 0. The van der Waals surface area contributed by atoms with Crippen LogP contribution < -0.4 is 0 Å². The highest BCUT2D eigenvalue weighted by Gasteiger charge is 2.50. The molecule has 2 bridgehead atoms. The lowest BCUT2D eigenvalue weighted by Crippen LogP contribution is -2.40. The Balaban J connectivity index is 2.29. The van der Waals surface area contributed by atoms with Crippen LogP contribution in [0.3, 0.4) is 0 Å². The van der Waals surface area contributed by atoms with Crippen LogP contribution in [0.15, 0.2) is 11.6 Å². The summed E-state index contributed by atoms with van der Waals surface area (Å²) in [6.07, 6.45) is 5.69. The summed E-state index contributed by atoms with van der Waals surface area (Å²) in [6, 6.07) is 3.81. The van der Waals surface area contributed by atoms with Gasteiger partial charge in [0.1, 0.15) is 23.3 Å². The Kier molecular flexibility index (Phi) is 3.47. The molecule has 4 nitrogen and oxygen atoms in total. The summed E-state index contributed by atoms with van der Waals surface area (Å²) < 4.78 is 11.7. The average molecular weight is 232 g/mol. The molecule has 0 aliphatic carbocycles. The standard InChI is InChI=1S/C13H16N2O2/c1-2-16-12-6-11-4-3-5-13(12,17-11)7-10(8-14)9-15/h7,11-12H,2-6H2,1H3. The minimum atomic E-state index is -0.542. The van der Waals surface area contributed by atoms with Crippen LogP contribution in [0.2, 0.25) is 0 Å². The number of nitrogens with zero attached hydrogens (tertiary/aromatic N) is 2. The monoisotopic (exact) mass is 232 g/mol. The molecule has 0 N–H and O–H groups in total. The van der Waals surface area contributed by atoms with E-state index in [1.165, 1.54) is 0 Å². The van der Waals surface area contributed by atoms with E-state index in [4.69, 9.17) is 20.0 Å². The lowest BCUT2D eigenvalue weighted by molar-refractivity contribution is -0.0941. The van der Waals surface area contributed by atoms with Crippen LogP contribution in [0.5, 0.6) is 0 Å². The second kappa shape index (κ2) is 4.87. The summed E-state index contributed by atoms with van der Waals surface area (Å²) in [5.74, 6) is 0. The van der Waals surface area contributed by atoms with Gasteiger partial charge in [-0.2, -0.15) is 10.5 Å². The third kappa shape index (κ3) is 2.20. The molecule has 2 fully saturated rings. The number of allylic oxidation sites excluding steroid dienone is 1. The van der Waals surface area contributed by atoms with E-state index in [1.54, 1.807) is 6.08 Å². The van der Waals surface area contributed by atoms with Gasteiger partial charge in [0.05, 0.1) is 12.2 Å². The van der Waals surface area contributed by atoms with Gasteiger partial charge in [0.2, 0.25) is 0 Å². The number of fused-ring (bicyclic) bond motifs is 2. The molecule has 0 saturated carbocycles. The normalized spacial score (nSPS) is 34.8. The molecule has 3 unspecified atom stereocenters. The first-order valence-corrected chi connectivity index (χ1v) is 6.06. The summed E-state index contributed by atoms with van der Waals surface area (Å²) in [5, 5.41) is 17.7. The molecule has 2 aliphatic heterocycles. The van der Waals surface area contributed by atoms with Gasteiger partial charge in [-0.3, -0.25) is 0 Å². The number of rotatable bonds is 3. The van der Waals surface area contributed by atoms with Crippen molar-refractivity contribution in [1.82, 2.24) is 0 Å². The van der Waals surface area contributed by atoms with Gasteiger partial charge in [0.25, 0.3) is 0 Å². The molecule has 17 heavy (non-hydrogen) atoms. The highest BCUT2D eigenvalue weighted by molar-refractivity contribution is 5.38. The molecule has 3 atom stereocenters. The fourth-order valence-corrected chi connectivity index (χ4v) is 2.82. The maximum Gasteiger partial charge on any atom is 0.128 e. The lowest BCUT2D eigenvalue weighted by Gasteiger charge is -2.34. The molecule has 2 aliphatic rings. The minimum absolute atomic E-state index is 0.0169. The predicted octanol–water partition coefficient (Wildman–Crippen LogP) is 2.08. The minimum Gasteiger partial charge on any atom is -0.375 e. The second-order valence-corrected chi connectivity index (χ2v) is 4.55. The lowest BCUT2D eigenvalue weighted by atomic mass is 9.90. The molecule has 2 heterocycles. The van der Waals surface area contributed by atoms with Crippen molar-refractivity contribution in [3.8, 4) is 12.1 Å². The largest absolute Gasteiger partial charge is 0.375 e. The van der Waals surface area contributed by atoms with E-state index in [-0.39, 0.29) is 17.8 Å². The van der Waals surface area contributed by atoms with Gasteiger partial charge < -0.3 is 9.47 Å². The maximum atomic E-state index is 8.86. The zero-order valence-corrected chi connectivity index (χ0v) is 9.98. The van der Waals surface area contributed by atoms with Gasteiger partial charge >= 0.3 is 0 Å². The summed E-state index contributed by atoms with van der Waals surface area (Å²) >= 11 is 0. The van der Waals surface area contributed by atoms with E-state index in [1.807, 2.05) is 19.1 Å². The van der Waals surface area contributed by atoms with Crippen LogP contribution in [0.25, 0.3) is 0 Å². The summed E-state index contributed by atoms with van der Waals surface area (Å²) in [4.78, 5) is 0. The summed E-state index contributed by atoms with van der Waals surface area (Å²) in [6.45, 7) is 2.58. The molecule has 0 aromatic rings. The van der Waals surface area contributed by atoms with Gasteiger partial charge in [-0.15, -0.1) is 0 Å². The first-order chi connectivity index (χ1) is 8.24. The van der Waals surface area contributed by atoms with Crippen LogP contribution in [0.4, 0.5) is 0 Å². The highest BCUT2D eigenvalue weighted by Crippen LogP contribution is 2.44. The summed E-state index contributed by atoms with van der Waals surface area (Å²) in [7, 11) is 0. The Hall–Kier alpha value is -1.36. The molecule has 2 rings (SSSR count). The molecule has 4 heteroatoms. The van der Waals surface area contributed by atoms with Crippen molar-refractivity contribution >= 4 is 0 Å². The third-order valence-electron chi connectivity index (χ3n) is 3.50. The Bertz CT molecular complexity index is 389. The Labute approximate surface area is 101 Å². The van der Waals surface area contributed by atoms with Crippen molar-refractivity contribution in [1.29, 1.82) is 10.5 Å². The van der Waals surface area contributed by atoms with E-state index < -0.39 is 5.60 Å². The van der Waals surface area contributed by atoms with Crippen LogP contribution in [-0.4, -0.2) is 24.4 Å². The molecule has 0 radical (unpaired) electrons. The number of hydrogen-bond acceptors (Lipinski definition) is 4. The van der Waals surface area contributed by atoms with Crippen molar-refractivity contribution in [2.24, 2.45) is 0 Å². The Morgan fingerprint density at radius 2 is 2.29 bits per heavy atom. The average Bonchev–Trinajstić information content (AvgIpc) is 2.58. The van der Waals surface area contributed by atoms with E-state index in [2.05, 4.69) is 0 Å². The fraction of sp³-hybridized carbons (Fsp3) is 0.692. The van der Waals surface area contributed by atoms with Crippen LogP contribution in [0, 0.1) is 22.7 Å². The van der Waals surface area contributed by atoms with Crippen molar-refractivity contribution in [3.05, 3.63) is 11.6 Å². The first-order valence-electron chi connectivity index (χ1n) is 6.06. The van der Waals surface area contributed by atoms with Gasteiger partial charge in [0.15, 0.2) is 0 Å². The topological polar surface area (TPSA) is 66.0 Å². The molecular weight excluding hydrogens is 216 g/mol. The first kappa shape index (κ1) is 12.1. The van der Waals surface area contributed by atoms with Crippen LogP contribution in [-0.2, 0) is 9.47 Å².